The highest BCUT2D eigenvalue weighted by atomic mass is 32.1. The summed E-state index contributed by atoms with van der Waals surface area (Å²) in [6.07, 6.45) is 0.945. The van der Waals surface area contributed by atoms with Crippen LogP contribution in [0.5, 0.6) is 5.75 Å². The molecule has 7 nitrogen and oxygen atoms in total. The molecule has 2 aromatic carbocycles. The number of rotatable bonds is 7. The zero-order chi connectivity index (χ0) is 20.1. The zero-order valence-electron chi connectivity index (χ0n) is 15.5. The molecule has 3 rings (SSSR count). The van der Waals surface area contributed by atoms with Crippen LogP contribution in [-0.2, 0) is 0 Å². The number of hydrogen-bond acceptors (Lipinski definition) is 6. The molecule has 0 aliphatic carbocycles. The quantitative estimate of drug-likeness (QED) is 0.444. The Bertz CT molecular complexity index is 999. The Balaban J connectivity index is 1.71. The van der Waals surface area contributed by atoms with Crippen LogP contribution in [-0.4, -0.2) is 22.4 Å². The molecule has 0 atom stereocenters. The van der Waals surface area contributed by atoms with Crippen molar-refractivity contribution in [2.45, 2.75) is 20.3 Å². The number of benzene rings is 2. The third kappa shape index (κ3) is 4.52. The second kappa shape index (κ2) is 8.62. The fraction of sp³-hybridized carbons (Fsp3) is 0.200. The van der Waals surface area contributed by atoms with E-state index in [1.165, 1.54) is 17.4 Å². The average Bonchev–Trinajstić information content (AvgIpc) is 3.15. The monoisotopic (exact) mass is 397 g/mol. The number of thiazole rings is 1. The number of ether oxygens (including phenoxy) is 1. The van der Waals surface area contributed by atoms with Crippen molar-refractivity contribution in [3.63, 3.8) is 0 Å². The first-order valence-electron chi connectivity index (χ1n) is 8.73. The van der Waals surface area contributed by atoms with E-state index in [0.29, 0.717) is 17.3 Å². The van der Waals surface area contributed by atoms with Crippen LogP contribution < -0.4 is 10.1 Å². The average molecular weight is 397 g/mol. The molecule has 8 heteroatoms. The molecule has 1 aromatic heterocycles. The Labute approximate surface area is 166 Å². The molecule has 3 aromatic rings. The standard InChI is InChI=1S/C20H19N3O4S/c1-3-10-27-16-8-6-14(7-9-16)17-12-28-20(21-17)22-19(24)15-5-4-13(2)18(11-15)23(25)26/h4-9,11-12H,3,10H2,1-2H3,(H,21,22,24). The largest absolute Gasteiger partial charge is 0.494 e. The maximum atomic E-state index is 12.4. The number of anilines is 1. The van der Waals surface area contributed by atoms with Crippen LogP contribution in [0.25, 0.3) is 11.3 Å². The van der Waals surface area contributed by atoms with E-state index in [2.05, 4.69) is 10.3 Å². The second-order valence-electron chi connectivity index (χ2n) is 6.12. The molecule has 0 saturated heterocycles. The molecule has 0 aliphatic rings. The first-order chi connectivity index (χ1) is 13.5. The molecule has 0 fully saturated rings. The molecule has 28 heavy (non-hydrogen) atoms. The lowest BCUT2D eigenvalue weighted by atomic mass is 10.1. The van der Waals surface area contributed by atoms with Gasteiger partial charge in [-0.3, -0.25) is 20.2 Å². The molecule has 0 spiro atoms. The van der Waals surface area contributed by atoms with E-state index in [4.69, 9.17) is 4.74 Å². The number of nitro groups is 1. The Hall–Kier alpha value is -3.26. The third-order valence-electron chi connectivity index (χ3n) is 4.02. The number of carbonyl (C=O) groups excluding carboxylic acids is 1. The number of carbonyl (C=O) groups is 1. The minimum atomic E-state index is -0.499. The van der Waals surface area contributed by atoms with Gasteiger partial charge in [-0.25, -0.2) is 4.98 Å². The van der Waals surface area contributed by atoms with Crippen molar-refractivity contribution in [3.8, 4) is 17.0 Å². The molecular formula is C20H19N3O4S. The normalized spacial score (nSPS) is 10.5. The maximum Gasteiger partial charge on any atom is 0.273 e. The van der Waals surface area contributed by atoms with Gasteiger partial charge >= 0.3 is 0 Å². The van der Waals surface area contributed by atoms with Crippen molar-refractivity contribution in [1.82, 2.24) is 4.98 Å². The van der Waals surface area contributed by atoms with Crippen LogP contribution in [0.15, 0.2) is 47.8 Å². The molecule has 0 aliphatic heterocycles. The van der Waals surface area contributed by atoms with Crippen molar-refractivity contribution < 1.29 is 14.5 Å². The van der Waals surface area contributed by atoms with Crippen LogP contribution in [0.4, 0.5) is 10.8 Å². The Morgan fingerprint density at radius 1 is 1.25 bits per heavy atom. The Morgan fingerprint density at radius 3 is 2.68 bits per heavy atom. The molecule has 144 valence electrons. The van der Waals surface area contributed by atoms with Crippen molar-refractivity contribution in [2.75, 3.05) is 11.9 Å². The first kappa shape index (κ1) is 19.5. The van der Waals surface area contributed by atoms with Gasteiger partial charge in [-0.15, -0.1) is 11.3 Å². The topological polar surface area (TPSA) is 94.4 Å². The SMILES string of the molecule is CCCOc1ccc(-c2csc(NC(=O)c3ccc(C)c([N+](=O)[O-])c3)n2)cc1. The lowest BCUT2D eigenvalue weighted by Gasteiger charge is -2.05. The van der Waals surface area contributed by atoms with Gasteiger partial charge in [0, 0.05) is 28.1 Å². The summed E-state index contributed by atoms with van der Waals surface area (Å²) in [6.45, 7) is 4.35. The van der Waals surface area contributed by atoms with Gasteiger partial charge in [0.15, 0.2) is 5.13 Å². The number of aromatic nitrogens is 1. The predicted octanol–water partition coefficient (Wildman–Crippen LogP) is 5.07. The van der Waals surface area contributed by atoms with E-state index in [9.17, 15) is 14.9 Å². The van der Waals surface area contributed by atoms with E-state index in [-0.39, 0.29) is 11.3 Å². The van der Waals surface area contributed by atoms with E-state index in [1.807, 2.05) is 36.6 Å². The van der Waals surface area contributed by atoms with Crippen molar-refractivity contribution in [1.29, 1.82) is 0 Å². The second-order valence-corrected chi connectivity index (χ2v) is 6.98. The van der Waals surface area contributed by atoms with Gasteiger partial charge in [-0.1, -0.05) is 13.0 Å². The lowest BCUT2D eigenvalue weighted by molar-refractivity contribution is -0.385. The smallest absolute Gasteiger partial charge is 0.273 e. The van der Waals surface area contributed by atoms with Crippen LogP contribution in [0, 0.1) is 17.0 Å². The summed E-state index contributed by atoms with van der Waals surface area (Å²) in [5, 5.41) is 16.0. The molecule has 1 N–H and O–H groups in total. The van der Waals surface area contributed by atoms with Crippen LogP contribution in [0.2, 0.25) is 0 Å². The number of nitrogens with one attached hydrogen (secondary N) is 1. The van der Waals surface area contributed by atoms with Crippen LogP contribution >= 0.6 is 11.3 Å². The summed E-state index contributed by atoms with van der Waals surface area (Å²) < 4.78 is 5.56. The summed E-state index contributed by atoms with van der Waals surface area (Å²) in [7, 11) is 0. The van der Waals surface area contributed by atoms with Gasteiger partial charge in [0.25, 0.3) is 11.6 Å². The molecule has 0 radical (unpaired) electrons. The Kier molecular flexibility index (Phi) is 6.00. The summed E-state index contributed by atoms with van der Waals surface area (Å²) in [6, 6.07) is 12.0. The number of amides is 1. The van der Waals surface area contributed by atoms with Gasteiger partial charge in [-0.2, -0.15) is 0 Å². The van der Waals surface area contributed by atoms with E-state index >= 15 is 0 Å². The molecule has 0 unspecified atom stereocenters. The zero-order valence-corrected chi connectivity index (χ0v) is 16.3. The van der Waals surface area contributed by atoms with Crippen molar-refractivity contribution >= 4 is 28.1 Å². The number of aryl methyl sites for hydroxylation is 1. The van der Waals surface area contributed by atoms with Crippen LogP contribution in [0.1, 0.15) is 29.3 Å². The highest BCUT2D eigenvalue weighted by Gasteiger charge is 2.16. The summed E-state index contributed by atoms with van der Waals surface area (Å²) in [5.74, 6) is 0.364. The number of nitro benzene ring substituents is 1. The van der Waals surface area contributed by atoms with Crippen molar-refractivity contribution in [2.24, 2.45) is 0 Å². The molecular weight excluding hydrogens is 378 g/mol. The maximum absolute atomic E-state index is 12.4. The van der Waals surface area contributed by atoms with Gasteiger partial charge in [0.2, 0.25) is 0 Å². The van der Waals surface area contributed by atoms with E-state index in [0.717, 1.165) is 23.4 Å². The van der Waals surface area contributed by atoms with E-state index in [1.54, 1.807) is 19.1 Å². The number of hydrogen-bond donors (Lipinski definition) is 1. The minimum Gasteiger partial charge on any atom is -0.494 e. The third-order valence-corrected chi connectivity index (χ3v) is 4.77. The van der Waals surface area contributed by atoms with Gasteiger partial charge in [0.1, 0.15) is 5.75 Å². The Morgan fingerprint density at radius 2 is 2.00 bits per heavy atom. The molecule has 0 saturated carbocycles. The highest BCUT2D eigenvalue weighted by molar-refractivity contribution is 7.14. The highest BCUT2D eigenvalue weighted by Crippen LogP contribution is 2.27. The lowest BCUT2D eigenvalue weighted by Crippen LogP contribution is -2.12. The summed E-state index contributed by atoms with van der Waals surface area (Å²) in [5.41, 5.74) is 2.28. The van der Waals surface area contributed by atoms with Gasteiger partial charge in [0.05, 0.1) is 17.2 Å². The van der Waals surface area contributed by atoms with Gasteiger partial charge < -0.3 is 4.74 Å². The van der Waals surface area contributed by atoms with Crippen LogP contribution in [0.3, 0.4) is 0 Å². The van der Waals surface area contributed by atoms with Crippen molar-refractivity contribution in [3.05, 3.63) is 69.1 Å². The summed E-state index contributed by atoms with van der Waals surface area (Å²) in [4.78, 5) is 27.4. The molecule has 0 bridgehead atoms. The summed E-state index contributed by atoms with van der Waals surface area (Å²) >= 11 is 1.29. The molecule has 1 amide bonds. The van der Waals surface area contributed by atoms with Gasteiger partial charge in [-0.05, 0) is 43.7 Å². The first-order valence-corrected chi connectivity index (χ1v) is 9.61. The minimum absolute atomic E-state index is 0.0853. The predicted molar refractivity (Wildman–Crippen MR) is 109 cm³/mol. The molecule has 1 heterocycles. The number of nitrogens with zero attached hydrogens (tertiary/aromatic N) is 2. The van der Waals surface area contributed by atoms with E-state index < -0.39 is 10.8 Å². The fourth-order valence-corrected chi connectivity index (χ4v) is 3.24. The fourth-order valence-electron chi connectivity index (χ4n) is 2.52.